The molecule has 4 heteroatoms. The van der Waals surface area contributed by atoms with E-state index in [4.69, 9.17) is 0 Å². The minimum Gasteiger partial charge on any atom is -0.244 e. The van der Waals surface area contributed by atoms with E-state index in [0.717, 1.165) is 15.0 Å². The first-order valence-electron chi connectivity index (χ1n) is 4.98. The van der Waals surface area contributed by atoms with Crippen LogP contribution in [0.2, 0.25) is 0 Å². The van der Waals surface area contributed by atoms with Gasteiger partial charge in [0.15, 0.2) is 0 Å². The summed E-state index contributed by atoms with van der Waals surface area (Å²) in [4.78, 5) is 5.54. The average molecular weight is 300 g/mol. The molecule has 1 aromatic carbocycles. The Labute approximate surface area is 106 Å². The molecule has 0 bridgehead atoms. The number of aromatic nitrogens is 1. The molecule has 0 radical (unpaired) electrons. The fourth-order valence-corrected chi connectivity index (χ4v) is 2.74. The third-order valence-corrected chi connectivity index (χ3v) is 4.01. The summed E-state index contributed by atoms with van der Waals surface area (Å²) in [5.74, 6) is 0.217. The lowest BCUT2D eigenvalue weighted by atomic mass is 10.2. The molecule has 16 heavy (non-hydrogen) atoms. The molecule has 0 amide bonds. The Morgan fingerprint density at radius 3 is 2.62 bits per heavy atom. The number of thiazole rings is 1. The molecule has 0 spiro atoms. The summed E-state index contributed by atoms with van der Waals surface area (Å²) in [6, 6.07) is 4.83. The van der Waals surface area contributed by atoms with Crippen LogP contribution in [0.4, 0.5) is 4.39 Å². The van der Waals surface area contributed by atoms with Crippen molar-refractivity contribution in [2.75, 3.05) is 0 Å². The van der Waals surface area contributed by atoms with E-state index in [1.54, 1.807) is 11.3 Å². The molecule has 0 atom stereocenters. The van der Waals surface area contributed by atoms with Crippen molar-refractivity contribution in [1.82, 2.24) is 4.98 Å². The van der Waals surface area contributed by atoms with E-state index in [1.165, 1.54) is 17.0 Å². The van der Waals surface area contributed by atoms with Gasteiger partial charge in [0.05, 0.1) is 0 Å². The molecule has 0 saturated carbocycles. The number of rotatable bonds is 2. The van der Waals surface area contributed by atoms with Crippen molar-refractivity contribution in [3.05, 3.63) is 39.6 Å². The van der Waals surface area contributed by atoms with E-state index >= 15 is 0 Å². The third kappa shape index (κ3) is 2.50. The second kappa shape index (κ2) is 4.63. The largest absolute Gasteiger partial charge is 0.244 e. The molecule has 0 aliphatic rings. The van der Waals surface area contributed by atoms with Crippen LogP contribution in [0.1, 0.15) is 24.6 Å². The maximum Gasteiger partial charge on any atom is 0.125 e. The Morgan fingerprint density at radius 2 is 2.06 bits per heavy atom. The van der Waals surface area contributed by atoms with E-state index in [0.29, 0.717) is 5.92 Å². The predicted molar refractivity (Wildman–Crippen MR) is 69.3 cm³/mol. The first-order chi connectivity index (χ1) is 7.56. The van der Waals surface area contributed by atoms with Crippen LogP contribution >= 0.6 is 27.3 Å². The highest BCUT2D eigenvalue weighted by Crippen LogP contribution is 2.31. The molecule has 1 heterocycles. The summed E-state index contributed by atoms with van der Waals surface area (Å²) in [5.41, 5.74) is 0.823. The summed E-state index contributed by atoms with van der Waals surface area (Å²) >= 11 is 4.90. The standard InChI is InChI=1S/C12H11BrFNS/c1-7(2)11-6-15-12(16-11)8-3-9(13)5-10(14)4-8/h3-7H,1-2H3. The number of nitrogens with zero attached hydrogens (tertiary/aromatic N) is 1. The van der Waals surface area contributed by atoms with E-state index in [2.05, 4.69) is 34.8 Å². The van der Waals surface area contributed by atoms with Gasteiger partial charge in [-0.05, 0) is 24.1 Å². The quantitative estimate of drug-likeness (QED) is 0.773. The van der Waals surface area contributed by atoms with Crippen LogP contribution in [-0.4, -0.2) is 4.98 Å². The second-order valence-corrected chi connectivity index (χ2v) is 5.86. The molecule has 0 saturated heterocycles. The van der Waals surface area contributed by atoms with Crippen molar-refractivity contribution in [3.63, 3.8) is 0 Å². The van der Waals surface area contributed by atoms with Gasteiger partial charge in [-0.1, -0.05) is 29.8 Å². The summed E-state index contributed by atoms with van der Waals surface area (Å²) in [6.45, 7) is 4.25. The van der Waals surface area contributed by atoms with Crippen LogP contribution in [0.15, 0.2) is 28.9 Å². The van der Waals surface area contributed by atoms with Gasteiger partial charge in [-0.15, -0.1) is 11.3 Å². The van der Waals surface area contributed by atoms with Crippen molar-refractivity contribution in [1.29, 1.82) is 0 Å². The fraction of sp³-hybridized carbons (Fsp3) is 0.250. The van der Waals surface area contributed by atoms with Crippen molar-refractivity contribution in [2.24, 2.45) is 0 Å². The molecule has 0 fully saturated rings. The number of hydrogen-bond acceptors (Lipinski definition) is 2. The van der Waals surface area contributed by atoms with Gasteiger partial charge >= 0.3 is 0 Å². The summed E-state index contributed by atoms with van der Waals surface area (Å²) < 4.78 is 14.0. The van der Waals surface area contributed by atoms with Gasteiger partial charge in [-0.2, -0.15) is 0 Å². The zero-order valence-electron chi connectivity index (χ0n) is 9.00. The summed E-state index contributed by atoms with van der Waals surface area (Å²) in [6.07, 6.45) is 1.86. The molecule has 84 valence electrons. The average Bonchev–Trinajstić information content (AvgIpc) is 2.64. The first kappa shape index (κ1) is 11.7. The normalized spacial score (nSPS) is 11.1. The highest BCUT2D eigenvalue weighted by atomic mass is 79.9. The Hall–Kier alpha value is -0.740. The van der Waals surface area contributed by atoms with Crippen molar-refractivity contribution in [3.8, 4) is 10.6 Å². The van der Waals surface area contributed by atoms with Gasteiger partial charge in [0.25, 0.3) is 0 Å². The van der Waals surface area contributed by atoms with E-state index in [1.807, 2.05) is 12.3 Å². The maximum absolute atomic E-state index is 13.2. The Morgan fingerprint density at radius 1 is 1.31 bits per heavy atom. The minimum absolute atomic E-state index is 0.245. The molecule has 1 nitrogen and oxygen atoms in total. The van der Waals surface area contributed by atoms with Gasteiger partial charge in [0.2, 0.25) is 0 Å². The third-order valence-electron chi connectivity index (χ3n) is 2.20. The van der Waals surface area contributed by atoms with Gasteiger partial charge in [-0.3, -0.25) is 0 Å². The molecule has 1 aromatic heterocycles. The van der Waals surface area contributed by atoms with Gasteiger partial charge in [0.1, 0.15) is 10.8 Å². The zero-order chi connectivity index (χ0) is 11.7. The molecular formula is C12H11BrFNS. The molecule has 0 unspecified atom stereocenters. The summed E-state index contributed by atoms with van der Waals surface area (Å²) in [7, 11) is 0. The van der Waals surface area contributed by atoms with Crippen molar-refractivity contribution < 1.29 is 4.39 Å². The minimum atomic E-state index is -0.245. The molecule has 0 aliphatic carbocycles. The number of benzene rings is 1. The Bertz CT molecular complexity index is 487. The lowest BCUT2D eigenvalue weighted by Gasteiger charge is -1.99. The SMILES string of the molecule is CC(C)c1cnc(-c2cc(F)cc(Br)c2)s1. The monoisotopic (exact) mass is 299 g/mol. The van der Waals surface area contributed by atoms with Crippen LogP contribution in [0.3, 0.4) is 0 Å². The van der Waals surface area contributed by atoms with E-state index < -0.39 is 0 Å². The Kier molecular flexibility index (Phi) is 3.40. The van der Waals surface area contributed by atoms with Gasteiger partial charge in [0, 0.05) is 21.1 Å². The van der Waals surface area contributed by atoms with Crippen LogP contribution < -0.4 is 0 Å². The highest BCUT2D eigenvalue weighted by molar-refractivity contribution is 9.10. The van der Waals surface area contributed by atoms with E-state index in [9.17, 15) is 4.39 Å². The molecule has 2 rings (SSSR count). The summed E-state index contributed by atoms with van der Waals surface area (Å²) in [5, 5.41) is 0.865. The molecule has 0 N–H and O–H groups in total. The van der Waals surface area contributed by atoms with Crippen LogP contribution in [0, 0.1) is 5.82 Å². The lowest BCUT2D eigenvalue weighted by molar-refractivity contribution is 0.627. The topological polar surface area (TPSA) is 12.9 Å². The smallest absolute Gasteiger partial charge is 0.125 e. The second-order valence-electron chi connectivity index (χ2n) is 3.88. The zero-order valence-corrected chi connectivity index (χ0v) is 11.4. The lowest BCUT2D eigenvalue weighted by Crippen LogP contribution is -1.79. The fourth-order valence-electron chi connectivity index (χ4n) is 1.36. The highest BCUT2D eigenvalue weighted by Gasteiger charge is 2.09. The van der Waals surface area contributed by atoms with Crippen molar-refractivity contribution in [2.45, 2.75) is 19.8 Å². The number of hydrogen-bond donors (Lipinski definition) is 0. The van der Waals surface area contributed by atoms with Gasteiger partial charge in [-0.25, -0.2) is 9.37 Å². The molecule has 0 aliphatic heterocycles. The predicted octanol–water partition coefficient (Wildman–Crippen LogP) is 4.84. The molecule has 2 aromatic rings. The maximum atomic E-state index is 13.2. The van der Waals surface area contributed by atoms with Crippen LogP contribution in [0.25, 0.3) is 10.6 Å². The van der Waals surface area contributed by atoms with Crippen LogP contribution in [0.5, 0.6) is 0 Å². The number of halogens is 2. The first-order valence-corrected chi connectivity index (χ1v) is 6.59. The van der Waals surface area contributed by atoms with E-state index in [-0.39, 0.29) is 5.82 Å². The van der Waals surface area contributed by atoms with Gasteiger partial charge < -0.3 is 0 Å². The molecular weight excluding hydrogens is 289 g/mol. The van der Waals surface area contributed by atoms with Crippen molar-refractivity contribution >= 4 is 27.3 Å². The Balaban J connectivity index is 2.42. The van der Waals surface area contributed by atoms with Crippen LogP contribution in [-0.2, 0) is 0 Å².